The van der Waals surface area contributed by atoms with E-state index in [1.165, 1.54) is 64.7 Å². The van der Waals surface area contributed by atoms with Gasteiger partial charge in [-0.2, -0.15) is 8.42 Å². The SMILES string of the molecule is CCCCCCCC/C=C\CCCCCCCCC(C)(CO)S(=O)(=O)O. The molecule has 26 heavy (non-hydrogen) atoms. The van der Waals surface area contributed by atoms with Gasteiger partial charge in [-0.1, -0.05) is 83.3 Å². The summed E-state index contributed by atoms with van der Waals surface area (Å²) in [5.74, 6) is 0. The Morgan fingerprint density at radius 3 is 1.62 bits per heavy atom. The molecule has 0 saturated heterocycles. The Labute approximate surface area is 162 Å². The minimum atomic E-state index is -4.19. The third kappa shape index (κ3) is 12.9. The van der Waals surface area contributed by atoms with Crippen LogP contribution in [0.4, 0.5) is 0 Å². The predicted molar refractivity (Wildman–Crippen MR) is 111 cm³/mol. The molecule has 5 heteroatoms. The normalized spacial score (nSPS) is 14.8. The third-order valence-corrected chi connectivity index (χ3v) is 6.75. The van der Waals surface area contributed by atoms with E-state index in [4.69, 9.17) is 4.55 Å². The Morgan fingerprint density at radius 2 is 1.19 bits per heavy atom. The molecular weight excluding hydrogens is 348 g/mol. The van der Waals surface area contributed by atoms with Crippen LogP contribution in [0.5, 0.6) is 0 Å². The molecule has 0 heterocycles. The second kappa shape index (κ2) is 15.6. The van der Waals surface area contributed by atoms with Crippen molar-refractivity contribution in [3.63, 3.8) is 0 Å². The fourth-order valence-corrected chi connectivity index (χ4v) is 3.60. The molecule has 0 aliphatic rings. The van der Waals surface area contributed by atoms with Crippen molar-refractivity contribution >= 4 is 10.1 Å². The summed E-state index contributed by atoms with van der Waals surface area (Å²) in [6.07, 6.45) is 21.7. The van der Waals surface area contributed by atoms with E-state index < -0.39 is 21.5 Å². The van der Waals surface area contributed by atoms with Crippen molar-refractivity contribution in [1.29, 1.82) is 0 Å². The average Bonchev–Trinajstić information content (AvgIpc) is 2.60. The fraction of sp³-hybridized carbons (Fsp3) is 0.905. The van der Waals surface area contributed by atoms with Crippen LogP contribution in [0.25, 0.3) is 0 Å². The van der Waals surface area contributed by atoms with Crippen LogP contribution in [0.15, 0.2) is 12.2 Å². The molecule has 2 N–H and O–H groups in total. The summed E-state index contributed by atoms with van der Waals surface area (Å²) in [7, 11) is -4.19. The van der Waals surface area contributed by atoms with Gasteiger partial charge < -0.3 is 5.11 Å². The summed E-state index contributed by atoms with van der Waals surface area (Å²) < 4.78 is 30.3. The van der Waals surface area contributed by atoms with E-state index in [0.29, 0.717) is 6.42 Å². The molecule has 1 unspecified atom stereocenters. The number of rotatable bonds is 18. The Balaban J connectivity index is 3.45. The molecule has 0 aliphatic carbocycles. The van der Waals surface area contributed by atoms with Gasteiger partial charge in [-0.3, -0.25) is 4.55 Å². The largest absolute Gasteiger partial charge is 0.395 e. The van der Waals surface area contributed by atoms with Crippen LogP contribution in [0.3, 0.4) is 0 Å². The van der Waals surface area contributed by atoms with Gasteiger partial charge in [-0.25, -0.2) is 0 Å². The molecule has 0 amide bonds. The Bertz CT molecular complexity index is 445. The molecule has 0 radical (unpaired) electrons. The highest BCUT2D eigenvalue weighted by Crippen LogP contribution is 2.23. The molecule has 0 aromatic rings. The van der Waals surface area contributed by atoms with Crippen LogP contribution < -0.4 is 0 Å². The second-order valence-electron chi connectivity index (χ2n) is 7.77. The summed E-state index contributed by atoms with van der Waals surface area (Å²) in [5, 5.41) is 9.20. The number of hydrogen-bond acceptors (Lipinski definition) is 3. The summed E-state index contributed by atoms with van der Waals surface area (Å²) >= 11 is 0. The first-order valence-electron chi connectivity index (χ1n) is 10.6. The standard InChI is InChI=1S/C21H42O4S/c1-3-4-5-6-7-8-9-10-11-12-13-14-15-16-17-18-19-21(2,20-22)26(23,24)25/h10-11,22H,3-9,12-20H2,1-2H3,(H,23,24,25)/b11-10-. The molecule has 4 nitrogen and oxygen atoms in total. The topological polar surface area (TPSA) is 74.6 Å². The molecular formula is C21H42O4S. The molecule has 0 spiro atoms. The highest BCUT2D eigenvalue weighted by Gasteiger charge is 2.36. The number of aliphatic hydroxyl groups excluding tert-OH is 1. The monoisotopic (exact) mass is 390 g/mol. The van der Waals surface area contributed by atoms with Crippen molar-refractivity contribution < 1.29 is 18.1 Å². The van der Waals surface area contributed by atoms with Gasteiger partial charge in [0.1, 0.15) is 4.75 Å². The second-order valence-corrected chi connectivity index (χ2v) is 9.71. The number of allylic oxidation sites excluding steroid dienone is 2. The lowest BCUT2D eigenvalue weighted by Crippen LogP contribution is -2.38. The first-order chi connectivity index (χ1) is 12.4. The van der Waals surface area contributed by atoms with Gasteiger partial charge in [0.05, 0.1) is 6.61 Å². The average molecular weight is 391 g/mol. The minimum absolute atomic E-state index is 0.309. The van der Waals surface area contributed by atoms with Crippen molar-refractivity contribution in [3.05, 3.63) is 12.2 Å². The van der Waals surface area contributed by atoms with E-state index in [2.05, 4.69) is 19.1 Å². The van der Waals surface area contributed by atoms with E-state index in [-0.39, 0.29) is 0 Å². The van der Waals surface area contributed by atoms with Crippen molar-refractivity contribution in [3.8, 4) is 0 Å². The summed E-state index contributed by atoms with van der Waals surface area (Å²) in [6.45, 7) is 3.12. The van der Waals surface area contributed by atoms with Gasteiger partial charge in [0, 0.05) is 0 Å². The van der Waals surface area contributed by atoms with Crippen LogP contribution in [0.2, 0.25) is 0 Å². The number of unbranched alkanes of at least 4 members (excludes halogenated alkanes) is 12. The molecule has 0 saturated carbocycles. The maximum atomic E-state index is 11.3. The lowest BCUT2D eigenvalue weighted by molar-refractivity contribution is 0.230. The van der Waals surface area contributed by atoms with Crippen LogP contribution >= 0.6 is 0 Å². The quantitative estimate of drug-likeness (QED) is 0.170. The molecule has 0 aliphatic heterocycles. The molecule has 0 rings (SSSR count). The first kappa shape index (κ1) is 25.6. The predicted octanol–water partition coefficient (Wildman–Crippen LogP) is 6.05. The van der Waals surface area contributed by atoms with Crippen LogP contribution in [-0.4, -0.2) is 29.4 Å². The zero-order chi connectivity index (χ0) is 19.7. The molecule has 0 aromatic heterocycles. The molecule has 156 valence electrons. The number of aliphatic hydroxyl groups is 1. The van der Waals surface area contributed by atoms with Crippen molar-refractivity contribution in [2.24, 2.45) is 0 Å². The third-order valence-electron chi connectivity index (χ3n) is 5.17. The Kier molecular flexibility index (Phi) is 15.4. The highest BCUT2D eigenvalue weighted by molar-refractivity contribution is 7.87. The number of hydrogen-bond donors (Lipinski definition) is 2. The van der Waals surface area contributed by atoms with Crippen LogP contribution in [0, 0.1) is 0 Å². The maximum Gasteiger partial charge on any atom is 0.272 e. The van der Waals surface area contributed by atoms with Crippen LogP contribution in [-0.2, 0) is 10.1 Å². The summed E-state index contributed by atoms with van der Waals surface area (Å²) in [5.41, 5.74) is 0. The van der Waals surface area contributed by atoms with Gasteiger partial charge in [-0.15, -0.1) is 0 Å². The van der Waals surface area contributed by atoms with Crippen LogP contribution in [0.1, 0.15) is 110 Å². The highest BCUT2D eigenvalue weighted by atomic mass is 32.2. The van der Waals surface area contributed by atoms with Gasteiger partial charge >= 0.3 is 0 Å². The van der Waals surface area contributed by atoms with Crippen molar-refractivity contribution in [2.75, 3.05) is 6.61 Å². The van der Waals surface area contributed by atoms with E-state index >= 15 is 0 Å². The molecule has 0 bridgehead atoms. The molecule has 0 fully saturated rings. The van der Waals surface area contributed by atoms with E-state index in [1.54, 1.807) is 0 Å². The smallest absolute Gasteiger partial charge is 0.272 e. The van der Waals surface area contributed by atoms with E-state index in [1.807, 2.05) is 0 Å². The van der Waals surface area contributed by atoms with Gasteiger partial charge in [0.2, 0.25) is 0 Å². The van der Waals surface area contributed by atoms with Crippen molar-refractivity contribution in [2.45, 2.75) is 115 Å². The fourth-order valence-electron chi connectivity index (χ4n) is 3.04. The zero-order valence-electron chi connectivity index (χ0n) is 17.1. The van der Waals surface area contributed by atoms with E-state index in [9.17, 15) is 13.5 Å². The Morgan fingerprint density at radius 1 is 0.769 bits per heavy atom. The van der Waals surface area contributed by atoms with Gasteiger partial charge in [0.25, 0.3) is 10.1 Å². The lowest BCUT2D eigenvalue weighted by Gasteiger charge is -2.23. The van der Waals surface area contributed by atoms with Crippen molar-refractivity contribution in [1.82, 2.24) is 0 Å². The molecule has 1 atom stereocenters. The lowest BCUT2D eigenvalue weighted by atomic mass is 10.0. The van der Waals surface area contributed by atoms with Gasteiger partial charge in [-0.05, 0) is 39.0 Å². The summed E-state index contributed by atoms with van der Waals surface area (Å²) in [6, 6.07) is 0. The summed E-state index contributed by atoms with van der Waals surface area (Å²) in [4.78, 5) is 0. The minimum Gasteiger partial charge on any atom is -0.395 e. The maximum absolute atomic E-state index is 11.3. The molecule has 0 aromatic carbocycles. The van der Waals surface area contributed by atoms with E-state index in [0.717, 1.165) is 32.1 Å². The van der Waals surface area contributed by atoms with Gasteiger partial charge in [0.15, 0.2) is 0 Å². The first-order valence-corrected chi connectivity index (χ1v) is 12.0. The Hall–Kier alpha value is -0.390. The zero-order valence-corrected chi connectivity index (χ0v) is 17.9.